The molecular formula is C13H10BrN3. The lowest BCUT2D eigenvalue weighted by Gasteiger charge is -2.10. The summed E-state index contributed by atoms with van der Waals surface area (Å²) < 4.78 is 0.898. The molecule has 0 unspecified atom stereocenters. The first-order valence-corrected chi connectivity index (χ1v) is 5.87. The highest BCUT2D eigenvalue weighted by molar-refractivity contribution is 9.10. The van der Waals surface area contributed by atoms with Gasteiger partial charge in [-0.15, -0.1) is 0 Å². The molecule has 0 aliphatic rings. The number of para-hydroxylation sites is 1. The molecule has 1 N–H and O–H groups in total. The van der Waals surface area contributed by atoms with E-state index in [1.165, 1.54) is 0 Å². The lowest BCUT2D eigenvalue weighted by atomic mass is 10.1. The van der Waals surface area contributed by atoms with Gasteiger partial charge in [-0.2, -0.15) is 5.26 Å². The maximum atomic E-state index is 9.06. The van der Waals surface area contributed by atoms with E-state index < -0.39 is 0 Å². The van der Waals surface area contributed by atoms with E-state index in [1.807, 2.05) is 25.1 Å². The van der Waals surface area contributed by atoms with Gasteiger partial charge in [0.05, 0.1) is 23.1 Å². The summed E-state index contributed by atoms with van der Waals surface area (Å²) in [7, 11) is 0. The second kappa shape index (κ2) is 4.98. The summed E-state index contributed by atoms with van der Waals surface area (Å²) in [6.07, 6.45) is 3.44. The van der Waals surface area contributed by atoms with Crippen molar-refractivity contribution in [1.82, 2.24) is 4.98 Å². The van der Waals surface area contributed by atoms with Crippen LogP contribution in [-0.4, -0.2) is 4.98 Å². The van der Waals surface area contributed by atoms with E-state index in [4.69, 9.17) is 5.26 Å². The van der Waals surface area contributed by atoms with E-state index in [0.717, 1.165) is 21.4 Å². The van der Waals surface area contributed by atoms with Crippen molar-refractivity contribution >= 4 is 27.3 Å². The van der Waals surface area contributed by atoms with Crippen LogP contribution < -0.4 is 5.32 Å². The zero-order chi connectivity index (χ0) is 12.3. The minimum atomic E-state index is 0.630. The standard InChI is InChI=1S/C13H10BrN3/c1-9-3-2-4-10(6-15)13(9)17-12-5-11(14)7-16-8-12/h2-5,7-8,17H,1H3. The molecule has 0 saturated heterocycles. The number of pyridine rings is 1. The molecule has 0 bridgehead atoms. The molecule has 2 aromatic rings. The average molecular weight is 288 g/mol. The molecule has 4 heteroatoms. The Morgan fingerprint density at radius 1 is 1.35 bits per heavy atom. The Morgan fingerprint density at radius 2 is 2.18 bits per heavy atom. The van der Waals surface area contributed by atoms with E-state index in [2.05, 4.69) is 32.3 Å². The Labute approximate surface area is 108 Å². The fourth-order valence-electron chi connectivity index (χ4n) is 1.55. The first-order chi connectivity index (χ1) is 8.20. The number of aromatic nitrogens is 1. The Hall–Kier alpha value is -1.86. The van der Waals surface area contributed by atoms with Crippen LogP contribution in [0.2, 0.25) is 0 Å². The summed E-state index contributed by atoms with van der Waals surface area (Å²) in [5, 5.41) is 12.3. The van der Waals surface area contributed by atoms with Gasteiger partial charge in [-0.25, -0.2) is 0 Å². The molecule has 1 aromatic carbocycles. The maximum Gasteiger partial charge on any atom is 0.101 e. The lowest BCUT2D eigenvalue weighted by molar-refractivity contribution is 1.29. The van der Waals surface area contributed by atoms with Crippen LogP contribution in [0.25, 0.3) is 0 Å². The van der Waals surface area contributed by atoms with Gasteiger partial charge in [0.2, 0.25) is 0 Å². The van der Waals surface area contributed by atoms with Crippen molar-refractivity contribution < 1.29 is 0 Å². The molecule has 0 saturated carbocycles. The number of nitrogens with zero attached hydrogens (tertiary/aromatic N) is 2. The van der Waals surface area contributed by atoms with Gasteiger partial charge in [-0.3, -0.25) is 4.98 Å². The lowest BCUT2D eigenvalue weighted by Crippen LogP contribution is -1.96. The Kier molecular flexibility index (Phi) is 3.40. The molecule has 0 radical (unpaired) electrons. The zero-order valence-electron chi connectivity index (χ0n) is 9.24. The van der Waals surface area contributed by atoms with Gasteiger partial charge in [-0.1, -0.05) is 12.1 Å². The number of nitrogens with one attached hydrogen (secondary N) is 1. The predicted molar refractivity (Wildman–Crippen MR) is 71.1 cm³/mol. The predicted octanol–water partition coefficient (Wildman–Crippen LogP) is 3.77. The zero-order valence-corrected chi connectivity index (χ0v) is 10.8. The Morgan fingerprint density at radius 3 is 2.88 bits per heavy atom. The molecule has 1 aromatic heterocycles. The average Bonchev–Trinajstić information content (AvgIpc) is 2.32. The maximum absolute atomic E-state index is 9.06. The van der Waals surface area contributed by atoms with Crippen LogP contribution in [0.5, 0.6) is 0 Å². The smallest absolute Gasteiger partial charge is 0.101 e. The fraction of sp³-hybridized carbons (Fsp3) is 0.0769. The van der Waals surface area contributed by atoms with Gasteiger partial charge < -0.3 is 5.32 Å². The number of benzene rings is 1. The monoisotopic (exact) mass is 287 g/mol. The summed E-state index contributed by atoms with van der Waals surface area (Å²) in [6.45, 7) is 1.97. The van der Waals surface area contributed by atoms with Crippen LogP contribution in [0, 0.1) is 18.3 Å². The fourth-order valence-corrected chi connectivity index (χ4v) is 1.92. The van der Waals surface area contributed by atoms with Crippen LogP contribution >= 0.6 is 15.9 Å². The van der Waals surface area contributed by atoms with Crippen molar-refractivity contribution in [3.05, 3.63) is 52.3 Å². The number of hydrogen-bond acceptors (Lipinski definition) is 3. The third-order valence-electron chi connectivity index (χ3n) is 2.37. The van der Waals surface area contributed by atoms with Gasteiger partial charge in [-0.05, 0) is 40.5 Å². The van der Waals surface area contributed by atoms with Crippen molar-refractivity contribution in [2.75, 3.05) is 5.32 Å². The van der Waals surface area contributed by atoms with Crippen LogP contribution in [-0.2, 0) is 0 Å². The highest BCUT2D eigenvalue weighted by atomic mass is 79.9. The van der Waals surface area contributed by atoms with Crippen molar-refractivity contribution in [3.63, 3.8) is 0 Å². The molecule has 0 aliphatic carbocycles. The number of nitriles is 1. The number of halogens is 1. The van der Waals surface area contributed by atoms with Gasteiger partial charge in [0, 0.05) is 10.7 Å². The molecule has 0 spiro atoms. The van der Waals surface area contributed by atoms with E-state index in [1.54, 1.807) is 18.5 Å². The van der Waals surface area contributed by atoms with E-state index in [-0.39, 0.29) is 0 Å². The van der Waals surface area contributed by atoms with Crippen LogP contribution in [0.4, 0.5) is 11.4 Å². The molecule has 84 valence electrons. The van der Waals surface area contributed by atoms with Crippen molar-refractivity contribution in [2.24, 2.45) is 0 Å². The van der Waals surface area contributed by atoms with Gasteiger partial charge >= 0.3 is 0 Å². The number of anilines is 2. The molecule has 0 aliphatic heterocycles. The van der Waals surface area contributed by atoms with E-state index in [0.29, 0.717) is 5.56 Å². The second-order valence-electron chi connectivity index (χ2n) is 3.63. The molecule has 17 heavy (non-hydrogen) atoms. The molecule has 0 fully saturated rings. The molecular weight excluding hydrogens is 278 g/mol. The highest BCUT2D eigenvalue weighted by Gasteiger charge is 2.05. The normalized spacial score (nSPS) is 9.71. The second-order valence-corrected chi connectivity index (χ2v) is 4.54. The molecule has 2 rings (SSSR count). The Bertz CT molecular complexity index is 587. The SMILES string of the molecule is Cc1cccc(C#N)c1Nc1cncc(Br)c1. The van der Waals surface area contributed by atoms with Crippen molar-refractivity contribution in [1.29, 1.82) is 5.26 Å². The quantitative estimate of drug-likeness (QED) is 0.915. The topological polar surface area (TPSA) is 48.7 Å². The summed E-state index contributed by atoms with van der Waals surface area (Å²) >= 11 is 3.36. The third kappa shape index (κ3) is 2.63. The summed E-state index contributed by atoms with van der Waals surface area (Å²) in [4.78, 5) is 4.07. The summed E-state index contributed by atoms with van der Waals surface area (Å²) in [6, 6.07) is 9.73. The summed E-state index contributed by atoms with van der Waals surface area (Å²) in [5.41, 5.74) is 3.34. The molecule has 0 atom stereocenters. The Balaban J connectivity index is 2.40. The highest BCUT2D eigenvalue weighted by Crippen LogP contribution is 2.25. The van der Waals surface area contributed by atoms with Crippen LogP contribution in [0.3, 0.4) is 0 Å². The molecule has 3 nitrogen and oxygen atoms in total. The van der Waals surface area contributed by atoms with Gasteiger partial charge in [0.1, 0.15) is 6.07 Å². The first kappa shape index (κ1) is 11.6. The number of aryl methyl sites for hydroxylation is 1. The largest absolute Gasteiger partial charge is 0.353 e. The van der Waals surface area contributed by atoms with E-state index >= 15 is 0 Å². The van der Waals surface area contributed by atoms with Crippen LogP contribution in [0.1, 0.15) is 11.1 Å². The van der Waals surface area contributed by atoms with Gasteiger partial charge in [0.25, 0.3) is 0 Å². The minimum absolute atomic E-state index is 0.630. The number of rotatable bonds is 2. The van der Waals surface area contributed by atoms with Crippen molar-refractivity contribution in [3.8, 4) is 6.07 Å². The van der Waals surface area contributed by atoms with Gasteiger partial charge in [0.15, 0.2) is 0 Å². The first-order valence-electron chi connectivity index (χ1n) is 5.08. The number of hydrogen-bond donors (Lipinski definition) is 1. The summed E-state index contributed by atoms with van der Waals surface area (Å²) in [5.74, 6) is 0. The van der Waals surface area contributed by atoms with Crippen molar-refractivity contribution in [2.45, 2.75) is 6.92 Å². The van der Waals surface area contributed by atoms with E-state index in [9.17, 15) is 0 Å². The third-order valence-corrected chi connectivity index (χ3v) is 2.80. The molecule has 0 amide bonds. The minimum Gasteiger partial charge on any atom is -0.353 e. The molecule has 1 heterocycles. The van der Waals surface area contributed by atoms with Crippen LogP contribution in [0.15, 0.2) is 41.1 Å².